The predicted molar refractivity (Wildman–Crippen MR) is 78.7 cm³/mol. The molecule has 0 atom stereocenters. The van der Waals surface area contributed by atoms with E-state index in [1.807, 2.05) is 13.8 Å². The lowest BCUT2D eigenvalue weighted by atomic mass is 10.1. The molecule has 0 aliphatic rings. The van der Waals surface area contributed by atoms with Crippen molar-refractivity contribution in [3.63, 3.8) is 0 Å². The standard InChI is InChI=1S/C14H14N6O2/c1-7-8(2)12(17-9(3)11(7)21)18-14-20-19-13(22-14)10-4-5-15-6-16-10/h4-6,21H,1-3H3,(H,17,18,20). The fraction of sp³-hybridized carbons (Fsp3) is 0.214. The van der Waals surface area contributed by atoms with Crippen LogP contribution in [0.1, 0.15) is 16.8 Å². The Morgan fingerprint density at radius 1 is 1.14 bits per heavy atom. The summed E-state index contributed by atoms with van der Waals surface area (Å²) in [4.78, 5) is 12.2. The molecule has 0 fully saturated rings. The third-order valence-electron chi connectivity index (χ3n) is 3.35. The number of hydrogen-bond donors (Lipinski definition) is 2. The van der Waals surface area contributed by atoms with E-state index in [1.165, 1.54) is 6.33 Å². The molecule has 0 radical (unpaired) electrons. The summed E-state index contributed by atoms with van der Waals surface area (Å²) in [5.41, 5.74) is 2.63. The van der Waals surface area contributed by atoms with E-state index in [0.717, 1.165) is 11.1 Å². The van der Waals surface area contributed by atoms with Gasteiger partial charge in [0.05, 0.1) is 5.69 Å². The fourth-order valence-corrected chi connectivity index (χ4v) is 1.95. The van der Waals surface area contributed by atoms with Gasteiger partial charge in [0.2, 0.25) is 0 Å². The van der Waals surface area contributed by atoms with Crippen LogP contribution >= 0.6 is 0 Å². The molecule has 22 heavy (non-hydrogen) atoms. The van der Waals surface area contributed by atoms with Crippen LogP contribution in [-0.4, -0.2) is 30.3 Å². The molecule has 0 saturated carbocycles. The van der Waals surface area contributed by atoms with Gasteiger partial charge in [0.15, 0.2) is 0 Å². The van der Waals surface area contributed by atoms with Crippen molar-refractivity contribution in [3.05, 3.63) is 35.4 Å². The summed E-state index contributed by atoms with van der Waals surface area (Å²) in [7, 11) is 0. The van der Waals surface area contributed by atoms with E-state index in [4.69, 9.17) is 4.42 Å². The lowest BCUT2D eigenvalue weighted by Crippen LogP contribution is -2.01. The smallest absolute Gasteiger partial charge is 0.321 e. The van der Waals surface area contributed by atoms with E-state index >= 15 is 0 Å². The summed E-state index contributed by atoms with van der Waals surface area (Å²) >= 11 is 0. The lowest BCUT2D eigenvalue weighted by molar-refractivity contribution is 0.463. The van der Waals surface area contributed by atoms with Crippen molar-refractivity contribution >= 4 is 11.8 Å². The highest BCUT2D eigenvalue weighted by molar-refractivity contribution is 5.59. The van der Waals surface area contributed by atoms with Crippen molar-refractivity contribution in [3.8, 4) is 17.3 Å². The van der Waals surface area contributed by atoms with Crippen LogP contribution in [-0.2, 0) is 0 Å². The van der Waals surface area contributed by atoms with Crippen LogP contribution in [0.2, 0.25) is 0 Å². The average Bonchev–Trinajstić information content (AvgIpc) is 3.00. The maximum absolute atomic E-state index is 9.87. The van der Waals surface area contributed by atoms with Gasteiger partial charge >= 0.3 is 6.01 Å². The van der Waals surface area contributed by atoms with Gasteiger partial charge in [-0.25, -0.2) is 15.0 Å². The lowest BCUT2D eigenvalue weighted by Gasteiger charge is -2.11. The summed E-state index contributed by atoms with van der Waals surface area (Å²) in [6.07, 6.45) is 3.00. The second-order valence-electron chi connectivity index (χ2n) is 4.78. The van der Waals surface area contributed by atoms with Crippen LogP contribution < -0.4 is 5.32 Å². The molecule has 8 nitrogen and oxygen atoms in total. The minimum absolute atomic E-state index is 0.190. The van der Waals surface area contributed by atoms with Crippen molar-refractivity contribution in [1.82, 2.24) is 25.1 Å². The molecule has 0 bridgehead atoms. The minimum atomic E-state index is 0.190. The van der Waals surface area contributed by atoms with Crippen LogP contribution in [0.5, 0.6) is 5.75 Å². The number of aromatic hydroxyl groups is 1. The maximum atomic E-state index is 9.87. The van der Waals surface area contributed by atoms with Crippen molar-refractivity contribution in [2.24, 2.45) is 0 Å². The van der Waals surface area contributed by atoms with Gasteiger partial charge in [-0.3, -0.25) is 5.32 Å². The molecule has 0 spiro atoms. The number of hydrogen-bond acceptors (Lipinski definition) is 8. The molecule has 3 rings (SSSR count). The average molecular weight is 298 g/mol. The van der Waals surface area contributed by atoms with E-state index in [2.05, 4.69) is 30.5 Å². The Kier molecular flexibility index (Phi) is 3.42. The molecule has 3 aromatic rings. The molecule has 0 amide bonds. The molecule has 0 saturated heterocycles. The molecule has 0 aliphatic heterocycles. The van der Waals surface area contributed by atoms with Gasteiger partial charge < -0.3 is 9.52 Å². The number of rotatable bonds is 3. The van der Waals surface area contributed by atoms with Gasteiger partial charge in [-0.05, 0) is 38.0 Å². The molecule has 2 N–H and O–H groups in total. The van der Waals surface area contributed by atoms with Gasteiger partial charge in [-0.2, -0.15) is 0 Å². The first-order valence-corrected chi connectivity index (χ1v) is 6.60. The summed E-state index contributed by atoms with van der Waals surface area (Å²) in [6.45, 7) is 5.41. The summed E-state index contributed by atoms with van der Waals surface area (Å²) in [5.74, 6) is 1.04. The van der Waals surface area contributed by atoms with Crippen LogP contribution in [0, 0.1) is 20.8 Å². The van der Waals surface area contributed by atoms with E-state index < -0.39 is 0 Å². The number of aryl methyl sites for hydroxylation is 1. The highest BCUT2D eigenvalue weighted by Gasteiger charge is 2.14. The number of nitrogens with one attached hydrogen (secondary N) is 1. The van der Waals surface area contributed by atoms with Gasteiger partial charge in [-0.15, -0.1) is 5.10 Å². The van der Waals surface area contributed by atoms with E-state index in [9.17, 15) is 5.11 Å². The summed E-state index contributed by atoms with van der Waals surface area (Å²) < 4.78 is 5.51. The zero-order valence-electron chi connectivity index (χ0n) is 12.3. The molecule has 0 unspecified atom stereocenters. The number of anilines is 2. The van der Waals surface area contributed by atoms with Gasteiger partial charge in [0, 0.05) is 6.20 Å². The molecule has 3 heterocycles. The SMILES string of the molecule is Cc1nc(Nc2nnc(-c3ccncn3)o2)c(C)c(C)c1O. The first kappa shape index (κ1) is 13.9. The maximum Gasteiger partial charge on any atom is 0.321 e. The first-order chi connectivity index (χ1) is 10.6. The molecule has 8 heteroatoms. The normalized spacial score (nSPS) is 10.7. The first-order valence-electron chi connectivity index (χ1n) is 6.60. The van der Waals surface area contributed by atoms with Crippen LogP contribution in [0.4, 0.5) is 11.8 Å². The Morgan fingerprint density at radius 2 is 1.95 bits per heavy atom. The Labute approximate surface area is 126 Å². The third-order valence-corrected chi connectivity index (χ3v) is 3.35. The Bertz CT molecular complexity index is 816. The molecule has 112 valence electrons. The van der Waals surface area contributed by atoms with Crippen LogP contribution in [0.25, 0.3) is 11.6 Å². The largest absolute Gasteiger partial charge is 0.506 e. The van der Waals surface area contributed by atoms with Gasteiger partial charge in [0.1, 0.15) is 23.6 Å². The Balaban J connectivity index is 1.91. The number of aromatic nitrogens is 5. The monoisotopic (exact) mass is 298 g/mol. The van der Waals surface area contributed by atoms with Gasteiger partial charge in [-0.1, -0.05) is 5.10 Å². The Morgan fingerprint density at radius 3 is 2.68 bits per heavy atom. The Hall–Kier alpha value is -3.03. The number of nitrogens with zero attached hydrogens (tertiary/aromatic N) is 5. The highest BCUT2D eigenvalue weighted by Crippen LogP contribution is 2.29. The zero-order valence-corrected chi connectivity index (χ0v) is 12.3. The van der Waals surface area contributed by atoms with Crippen molar-refractivity contribution < 1.29 is 9.52 Å². The minimum Gasteiger partial charge on any atom is -0.506 e. The molecule has 3 aromatic heterocycles. The fourth-order valence-electron chi connectivity index (χ4n) is 1.95. The third kappa shape index (κ3) is 2.46. The number of pyridine rings is 1. The van der Waals surface area contributed by atoms with E-state index in [0.29, 0.717) is 17.2 Å². The van der Waals surface area contributed by atoms with Crippen molar-refractivity contribution in [2.45, 2.75) is 20.8 Å². The van der Waals surface area contributed by atoms with E-state index in [1.54, 1.807) is 19.2 Å². The van der Waals surface area contributed by atoms with Crippen LogP contribution in [0.15, 0.2) is 23.0 Å². The topological polar surface area (TPSA) is 110 Å². The molecular weight excluding hydrogens is 284 g/mol. The second-order valence-corrected chi connectivity index (χ2v) is 4.78. The van der Waals surface area contributed by atoms with Crippen molar-refractivity contribution in [2.75, 3.05) is 5.32 Å². The predicted octanol–water partition coefficient (Wildman–Crippen LogP) is 2.30. The zero-order chi connectivity index (χ0) is 15.7. The molecule has 0 aromatic carbocycles. The van der Waals surface area contributed by atoms with Crippen LogP contribution in [0.3, 0.4) is 0 Å². The summed E-state index contributed by atoms with van der Waals surface area (Å²) in [6, 6.07) is 1.88. The van der Waals surface area contributed by atoms with Crippen molar-refractivity contribution in [1.29, 1.82) is 0 Å². The highest BCUT2D eigenvalue weighted by atomic mass is 16.4. The summed E-state index contributed by atoms with van der Waals surface area (Å²) in [5, 5.41) is 20.7. The van der Waals surface area contributed by atoms with E-state index in [-0.39, 0.29) is 17.7 Å². The molecular formula is C14H14N6O2. The quantitative estimate of drug-likeness (QED) is 0.758. The van der Waals surface area contributed by atoms with Gasteiger partial charge in [0.25, 0.3) is 5.89 Å². The second kappa shape index (κ2) is 5.40. The molecule has 0 aliphatic carbocycles.